The van der Waals surface area contributed by atoms with E-state index < -0.39 is 0 Å². The molecule has 0 aliphatic heterocycles. The van der Waals surface area contributed by atoms with Gasteiger partial charge in [0.15, 0.2) is 0 Å². The van der Waals surface area contributed by atoms with Gasteiger partial charge in [-0.1, -0.05) is 42.3 Å². The van der Waals surface area contributed by atoms with Gasteiger partial charge in [0.2, 0.25) is 0 Å². The topological polar surface area (TPSA) is 12.0 Å². The van der Waals surface area contributed by atoms with E-state index in [1.54, 1.807) is 6.07 Å². The highest BCUT2D eigenvalue weighted by Gasteiger charge is 2.27. The molecule has 0 aromatic heterocycles. The van der Waals surface area contributed by atoms with Gasteiger partial charge in [0.25, 0.3) is 0 Å². The first-order chi connectivity index (χ1) is 8.52. The number of hydrogen-bond acceptors (Lipinski definition) is 1. The van der Waals surface area contributed by atoms with Crippen molar-refractivity contribution in [2.24, 2.45) is 5.41 Å². The third kappa shape index (κ3) is 3.74. The molecule has 0 saturated heterocycles. The first-order valence-corrected chi connectivity index (χ1v) is 7.09. The Kier molecular flexibility index (Phi) is 4.37. The van der Waals surface area contributed by atoms with Crippen molar-refractivity contribution in [3.05, 3.63) is 46.5 Å². The lowest BCUT2D eigenvalue weighted by Crippen LogP contribution is -2.33. The monoisotopic (exact) mass is 283 g/mol. The van der Waals surface area contributed by atoms with Crippen LogP contribution in [0.5, 0.6) is 0 Å². The van der Waals surface area contributed by atoms with Gasteiger partial charge in [-0.15, -0.1) is 6.58 Å². The van der Waals surface area contributed by atoms with Gasteiger partial charge in [0.05, 0.1) is 0 Å². The van der Waals surface area contributed by atoms with Crippen molar-refractivity contribution in [3.63, 3.8) is 0 Å². The maximum Gasteiger partial charge on any atom is 0.0453 e. The van der Waals surface area contributed by atoms with Crippen LogP contribution in [0.4, 0.5) is 0 Å². The van der Waals surface area contributed by atoms with Crippen LogP contribution in [0.1, 0.15) is 25.3 Å². The van der Waals surface area contributed by atoms with Gasteiger partial charge in [0.1, 0.15) is 0 Å². The summed E-state index contributed by atoms with van der Waals surface area (Å²) in [5.41, 5.74) is 1.15. The Morgan fingerprint density at radius 3 is 2.72 bits per heavy atom. The third-order valence-corrected chi connectivity index (χ3v) is 4.06. The van der Waals surface area contributed by atoms with Crippen molar-refractivity contribution in [2.45, 2.75) is 32.2 Å². The van der Waals surface area contributed by atoms with Gasteiger partial charge in [-0.25, -0.2) is 0 Å². The van der Waals surface area contributed by atoms with Crippen molar-refractivity contribution < 1.29 is 0 Å². The minimum Gasteiger partial charge on any atom is -0.313 e. The van der Waals surface area contributed by atoms with Crippen molar-refractivity contribution in [1.82, 2.24) is 5.32 Å². The number of hydrogen-bond donors (Lipinski definition) is 1. The number of benzene rings is 1. The average Bonchev–Trinajstić information content (AvgIpc) is 3.14. The molecule has 0 spiro atoms. The summed E-state index contributed by atoms with van der Waals surface area (Å²) in [5.74, 6) is 0. The summed E-state index contributed by atoms with van der Waals surface area (Å²) in [4.78, 5) is 0. The molecule has 2 rings (SSSR count). The lowest BCUT2D eigenvalue weighted by atomic mass is 9.83. The van der Waals surface area contributed by atoms with E-state index >= 15 is 0 Å². The van der Waals surface area contributed by atoms with Gasteiger partial charge in [-0.3, -0.25) is 0 Å². The van der Waals surface area contributed by atoms with Crippen LogP contribution < -0.4 is 5.32 Å². The molecule has 3 heteroatoms. The molecule has 18 heavy (non-hydrogen) atoms. The molecule has 0 bridgehead atoms. The summed E-state index contributed by atoms with van der Waals surface area (Å²) in [5, 5.41) is 4.98. The van der Waals surface area contributed by atoms with E-state index in [1.165, 1.54) is 12.8 Å². The van der Waals surface area contributed by atoms with E-state index in [-0.39, 0.29) is 5.41 Å². The maximum atomic E-state index is 6.23. The first-order valence-electron chi connectivity index (χ1n) is 6.33. The molecule has 0 amide bonds. The Balaban J connectivity index is 2.05. The van der Waals surface area contributed by atoms with E-state index in [4.69, 9.17) is 23.2 Å². The molecule has 1 saturated carbocycles. The Hall–Kier alpha value is -0.500. The fourth-order valence-electron chi connectivity index (χ4n) is 1.97. The Bertz CT molecular complexity index is 440. The number of nitrogens with one attached hydrogen (secondary N) is 1. The van der Waals surface area contributed by atoms with Gasteiger partial charge >= 0.3 is 0 Å². The lowest BCUT2D eigenvalue weighted by molar-refractivity contribution is 0.389. The van der Waals surface area contributed by atoms with Crippen LogP contribution in [-0.4, -0.2) is 12.6 Å². The Morgan fingerprint density at radius 1 is 1.44 bits per heavy atom. The Morgan fingerprint density at radius 2 is 2.17 bits per heavy atom. The van der Waals surface area contributed by atoms with Crippen LogP contribution in [0, 0.1) is 5.41 Å². The van der Waals surface area contributed by atoms with Crippen LogP contribution in [0.15, 0.2) is 30.9 Å². The Labute approximate surface area is 119 Å². The zero-order valence-electron chi connectivity index (χ0n) is 10.7. The zero-order valence-corrected chi connectivity index (χ0v) is 12.2. The maximum absolute atomic E-state index is 6.23. The fourth-order valence-corrected chi connectivity index (χ4v) is 2.45. The van der Waals surface area contributed by atoms with Crippen LogP contribution in [-0.2, 0) is 6.42 Å². The normalized spacial score (nSPS) is 18.4. The van der Waals surface area contributed by atoms with Crippen LogP contribution in [0.3, 0.4) is 0 Å². The summed E-state index contributed by atoms with van der Waals surface area (Å²) in [6.45, 7) is 7.12. The van der Waals surface area contributed by atoms with Crippen LogP contribution in [0.25, 0.3) is 0 Å². The summed E-state index contributed by atoms with van der Waals surface area (Å²) < 4.78 is 0. The predicted octanol–water partition coefficient (Wildman–Crippen LogP) is 4.48. The van der Waals surface area contributed by atoms with Crippen LogP contribution >= 0.6 is 23.2 Å². The van der Waals surface area contributed by atoms with Crippen molar-refractivity contribution >= 4 is 23.2 Å². The van der Waals surface area contributed by atoms with Crippen LogP contribution in [0.2, 0.25) is 10.0 Å². The molecule has 1 atom stereocenters. The quantitative estimate of drug-likeness (QED) is 0.759. The molecular weight excluding hydrogens is 265 g/mol. The molecule has 0 radical (unpaired) electrons. The molecule has 1 nitrogen and oxygen atoms in total. The first kappa shape index (κ1) is 13.9. The van der Waals surface area contributed by atoms with Crippen molar-refractivity contribution in [3.8, 4) is 0 Å². The molecule has 1 fully saturated rings. The minimum absolute atomic E-state index is 0.0278. The second-order valence-corrected chi connectivity index (χ2v) is 6.27. The standard InChI is InChI=1S/C15H19Cl2N/c1-3-15(2,10-18-13-6-7-13)9-11-4-5-12(16)8-14(11)17/h3-5,8,13,18H,1,6-7,9-10H2,2H3. The largest absolute Gasteiger partial charge is 0.313 e. The van der Waals surface area contributed by atoms with E-state index in [9.17, 15) is 0 Å². The van der Waals surface area contributed by atoms with Gasteiger partial charge < -0.3 is 5.32 Å². The van der Waals surface area contributed by atoms with E-state index in [0.29, 0.717) is 11.1 Å². The highest BCUT2D eigenvalue weighted by molar-refractivity contribution is 6.35. The summed E-state index contributed by atoms with van der Waals surface area (Å²) >= 11 is 12.1. The molecule has 98 valence electrons. The zero-order chi connectivity index (χ0) is 13.2. The van der Waals surface area contributed by atoms with E-state index in [1.807, 2.05) is 18.2 Å². The van der Waals surface area contributed by atoms with Gasteiger partial charge in [-0.05, 0) is 37.0 Å². The minimum atomic E-state index is 0.0278. The smallest absolute Gasteiger partial charge is 0.0453 e. The fraction of sp³-hybridized carbons (Fsp3) is 0.467. The SMILES string of the molecule is C=CC(C)(CNC1CC1)Cc1ccc(Cl)cc1Cl. The average molecular weight is 284 g/mol. The van der Waals surface area contributed by atoms with E-state index in [2.05, 4.69) is 18.8 Å². The highest BCUT2D eigenvalue weighted by Crippen LogP contribution is 2.30. The third-order valence-electron chi connectivity index (χ3n) is 3.47. The number of rotatable bonds is 6. The summed E-state index contributed by atoms with van der Waals surface area (Å²) in [6, 6.07) is 6.41. The van der Waals surface area contributed by atoms with Gasteiger partial charge in [-0.2, -0.15) is 0 Å². The molecule has 1 N–H and O–H groups in total. The second kappa shape index (κ2) is 5.64. The molecular formula is C15H19Cl2N. The molecule has 1 aromatic carbocycles. The summed E-state index contributed by atoms with van der Waals surface area (Å²) in [6.07, 6.45) is 5.50. The van der Waals surface area contributed by atoms with Crippen molar-refractivity contribution in [2.75, 3.05) is 6.54 Å². The van der Waals surface area contributed by atoms with Crippen molar-refractivity contribution in [1.29, 1.82) is 0 Å². The second-order valence-electron chi connectivity index (χ2n) is 5.43. The lowest BCUT2D eigenvalue weighted by Gasteiger charge is -2.27. The molecule has 1 aliphatic carbocycles. The molecule has 1 aromatic rings. The predicted molar refractivity (Wildman–Crippen MR) is 79.5 cm³/mol. The molecule has 0 heterocycles. The highest BCUT2D eigenvalue weighted by atomic mass is 35.5. The van der Waals surface area contributed by atoms with E-state index in [0.717, 1.165) is 23.6 Å². The molecule has 1 aliphatic rings. The van der Waals surface area contributed by atoms with Gasteiger partial charge in [0, 0.05) is 28.0 Å². The summed E-state index contributed by atoms with van der Waals surface area (Å²) in [7, 11) is 0. The number of halogens is 2. The molecule has 1 unspecified atom stereocenters.